The molecule has 1 N–H and O–H groups in total. The van der Waals surface area contributed by atoms with Crippen LogP contribution in [0, 0.1) is 0 Å². The van der Waals surface area contributed by atoms with E-state index >= 15 is 0 Å². The summed E-state index contributed by atoms with van der Waals surface area (Å²) in [4.78, 5) is 29.0. The molecule has 0 aliphatic rings. The maximum atomic E-state index is 12.3. The Hall–Kier alpha value is -3.04. The molecular weight excluding hydrogens is 424 g/mol. The van der Waals surface area contributed by atoms with Gasteiger partial charge in [0.05, 0.1) is 17.0 Å². The summed E-state index contributed by atoms with van der Waals surface area (Å²) >= 11 is 1.28. The summed E-state index contributed by atoms with van der Waals surface area (Å²) in [6, 6.07) is 15.6. The molecule has 3 aromatic rings. The van der Waals surface area contributed by atoms with Crippen LogP contribution >= 0.6 is 11.3 Å². The van der Waals surface area contributed by atoms with Crippen LogP contribution in [-0.4, -0.2) is 37.6 Å². The second-order valence-electron chi connectivity index (χ2n) is 6.71. The molecule has 0 aliphatic carbocycles. The van der Waals surface area contributed by atoms with Gasteiger partial charge in [-0.15, -0.1) is 11.3 Å². The molecule has 9 heteroatoms. The fraction of sp³-hybridized carbons (Fsp3) is 0.190. The van der Waals surface area contributed by atoms with Crippen LogP contribution < -0.4 is 5.32 Å². The second-order valence-corrected chi connectivity index (χ2v) is 9.71. The molecule has 2 aromatic carbocycles. The van der Waals surface area contributed by atoms with Gasteiger partial charge in [-0.05, 0) is 24.6 Å². The predicted molar refractivity (Wildman–Crippen MR) is 116 cm³/mol. The number of rotatable bonds is 7. The van der Waals surface area contributed by atoms with Crippen LogP contribution in [0.1, 0.15) is 22.8 Å². The Morgan fingerprint density at radius 1 is 1.10 bits per heavy atom. The van der Waals surface area contributed by atoms with E-state index in [0.29, 0.717) is 10.7 Å². The monoisotopic (exact) mass is 444 g/mol. The fourth-order valence-electron chi connectivity index (χ4n) is 2.60. The van der Waals surface area contributed by atoms with Crippen LogP contribution in [0.5, 0.6) is 0 Å². The lowest BCUT2D eigenvalue weighted by Gasteiger charge is -2.12. The van der Waals surface area contributed by atoms with Crippen molar-refractivity contribution >= 4 is 38.2 Å². The molecule has 156 valence electrons. The molecule has 1 heterocycles. The molecule has 0 saturated heterocycles. The Labute approximate surface area is 178 Å². The van der Waals surface area contributed by atoms with Gasteiger partial charge in [-0.2, -0.15) is 0 Å². The summed E-state index contributed by atoms with van der Waals surface area (Å²) in [5, 5.41) is 4.89. The van der Waals surface area contributed by atoms with Gasteiger partial charge in [0.1, 0.15) is 0 Å². The van der Waals surface area contributed by atoms with E-state index in [-0.39, 0.29) is 11.3 Å². The SMILES string of the molecule is CC(OC(=O)c1ccc(CS(C)(=O)=O)cc1)C(=O)Nc1nc(-c2ccccc2)cs1. The number of carbonyl (C=O) groups excluding carboxylic acids is 2. The Bertz CT molecular complexity index is 1140. The third kappa shape index (κ3) is 5.98. The van der Waals surface area contributed by atoms with Gasteiger partial charge < -0.3 is 4.74 Å². The highest BCUT2D eigenvalue weighted by Gasteiger charge is 2.20. The quantitative estimate of drug-likeness (QED) is 0.559. The lowest BCUT2D eigenvalue weighted by atomic mass is 10.1. The molecular formula is C21H20N2O5S2. The van der Waals surface area contributed by atoms with Crippen molar-refractivity contribution in [2.24, 2.45) is 0 Å². The number of hydrogen-bond acceptors (Lipinski definition) is 7. The number of nitrogens with one attached hydrogen (secondary N) is 1. The number of hydrogen-bond donors (Lipinski definition) is 1. The Kier molecular flexibility index (Phi) is 6.63. The highest BCUT2D eigenvalue weighted by atomic mass is 32.2. The lowest BCUT2D eigenvalue weighted by molar-refractivity contribution is -0.123. The minimum absolute atomic E-state index is 0.111. The number of thiazole rings is 1. The highest BCUT2D eigenvalue weighted by Crippen LogP contribution is 2.24. The molecule has 1 unspecified atom stereocenters. The van der Waals surface area contributed by atoms with Gasteiger partial charge in [0.15, 0.2) is 21.1 Å². The van der Waals surface area contributed by atoms with Crippen molar-refractivity contribution in [3.8, 4) is 11.3 Å². The zero-order chi connectivity index (χ0) is 21.7. The Balaban J connectivity index is 1.57. The third-order valence-corrected chi connectivity index (χ3v) is 5.69. The van der Waals surface area contributed by atoms with Crippen molar-refractivity contribution < 1.29 is 22.7 Å². The number of ether oxygens (including phenoxy) is 1. The average Bonchev–Trinajstić information content (AvgIpc) is 3.16. The second kappa shape index (κ2) is 9.19. The van der Waals surface area contributed by atoms with E-state index in [0.717, 1.165) is 17.5 Å². The van der Waals surface area contributed by atoms with Crippen LogP contribution in [0.15, 0.2) is 60.0 Å². The van der Waals surface area contributed by atoms with Crippen molar-refractivity contribution in [2.75, 3.05) is 11.6 Å². The van der Waals surface area contributed by atoms with Crippen LogP contribution in [0.25, 0.3) is 11.3 Å². The van der Waals surface area contributed by atoms with Crippen LogP contribution in [0.2, 0.25) is 0 Å². The van der Waals surface area contributed by atoms with E-state index in [2.05, 4.69) is 10.3 Å². The number of carbonyl (C=O) groups is 2. The third-order valence-electron chi connectivity index (χ3n) is 4.08. The van der Waals surface area contributed by atoms with E-state index in [1.54, 1.807) is 12.1 Å². The first-order chi connectivity index (χ1) is 14.2. The average molecular weight is 445 g/mol. The molecule has 0 spiro atoms. The van der Waals surface area contributed by atoms with Gasteiger partial charge in [0, 0.05) is 17.2 Å². The van der Waals surface area contributed by atoms with Gasteiger partial charge in [0.25, 0.3) is 5.91 Å². The first-order valence-corrected chi connectivity index (χ1v) is 11.9. The number of nitrogens with zero attached hydrogens (tertiary/aromatic N) is 1. The maximum Gasteiger partial charge on any atom is 0.338 e. The van der Waals surface area contributed by atoms with Gasteiger partial charge in [-0.1, -0.05) is 42.5 Å². The van der Waals surface area contributed by atoms with Crippen molar-refractivity contribution in [3.63, 3.8) is 0 Å². The van der Waals surface area contributed by atoms with E-state index in [9.17, 15) is 18.0 Å². The molecule has 1 aromatic heterocycles. The van der Waals surface area contributed by atoms with E-state index < -0.39 is 27.8 Å². The Morgan fingerprint density at radius 2 is 1.77 bits per heavy atom. The van der Waals surface area contributed by atoms with Crippen LogP contribution in [0.4, 0.5) is 5.13 Å². The first kappa shape index (κ1) is 21.7. The van der Waals surface area contributed by atoms with Crippen molar-refractivity contribution in [1.82, 2.24) is 4.98 Å². The zero-order valence-corrected chi connectivity index (χ0v) is 18.0. The standard InChI is InChI=1S/C21H20N2O5S2/c1-14(28-20(25)17-10-8-15(9-11-17)13-30(2,26)27)19(24)23-21-22-18(12-29-21)16-6-4-3-5-7-16/h3-12,14H,13H2,1-2H3,(H,22,23,24). The van der Waals surface area contributed by atoms with Gasteiger partial charge in [0.2, 0.25) is 0 Å². The number of esters is 1. The minimum atomic E-state index is -3.16. The summed E-state index contributed by atoms with van der Waals surface area (Å²) in [6.07, 6.45) is 0.109. The molecule has 7 nitrogen and oxygen atoms in total. The molecule has 0 bridgehead atoms. The number of benzene rings is 2. The molecule has 0 radical (unpaired) electrons. The van der Waals surface area contributed by atoms with Crippen molar-refractivity contribution in [2.45, 2.75) is 18.8 Å². The smallest absolute Gasteiger partial charge is 0.338 e. The zero-order valence-electron chi connectivity index (χ0n) is 16.4. The number of sulfone groups is 1. The van der Waals surface area contributed by atoms with E-state index in [4.69, 9.17) is 4.74 Å². The summed E-state index contributed by atoms with van der Waals surface area (Å²) in [5.74, 6) is -1.28. The first-order valence-electron chi connectivity index (χ1n) is 9.01. The highest BCUT2D eigenvalue weighted by molar-refractivity contribution is 7.89. The summed E-state index contributed by atoms with van der Waals surface area (Å²) < 4.78 is 27.9. The van der Waals surface area contributed by atoms with Gasteiger partial charge >= 0.3 is 5.97 Å². The molecule has 3 rings (SSSR count). The molecule has 0 aliphatic heterocycles. The lowest BCUT2D eigenvalue weighted by Crippen LogP contribution is -2.30. The van der Waals surface area contributed by atoms with E-state index in [1.807, 2.05) is 35.7 Å². The van der Waals surface area contributed by atoms with Crippen LogP contribution in [-0.2, 0) is 25.1 Å². The molecule has 0 saturated carbocycles. The molecule has 0 fully saturated rings. The topological polar surface area (TPSA) is 102 Å². The molecule has 30 heavy (non-hydrogen) atoms. The van der Waals surface area contributed by atoms with E-state index in [1.165, 1.54) is 30.4 Å². The minimum Gasteiger partial charge on any atom is -0.449 e. The number of amides is 1. The van der Waals surface area contributed by atoms with Crippen molar-refractivity contribution in [3.05, 3.63) is 71.1 Å². The van der Waals surface area contributed by atoms with Gasteiger partial charge in [-0.3, -0.25) is 10.1 Å². The number of anilines is 1. The van der Waals surface area contributed by atoms with Crippen molar-refractivity contribution in [1.29, 1.82) is 0 Å². The largest absolute Gasteiger partial charge is 0.449 e. The maximum absolute atomic E-state index is 12.3. The number of aromatic nitrogens is 1. The predicted octanol–water partition coefficient (Wildman–Crippen LogP) is 3.54. The summed E-state index contributed by atoms with van der Waals surface area (Å²) in [7, 11) is -3.16. The van der Waals surface area contributed by atoms with Crippen LogP contribution in [0.3, 0.4) is 0 Å². The normalized spacial score (nSPS) is 12.2. The Morgan fingerprint density at radius 3 is 2.40 bits per heavy atom. The van der Waals surface area contributed by atoms with Gasteiger partial charge in [-0.25, -0.2) is 18.2 Å². The summed E-state index contributed by atoms with van der Waals surface area (Å²) in [6.45, 7) is 1.47. The molecule has 1 amide bonds. The summed E-state index contributed by atoms with van der Waals surface area (Å²) in [5.41, 5.74) is 2.48. The fourth-order valence-corrected chi connectivity index (χ4v) is 4.12. The molecule has 1 atom stereocenters.